The molecule has 27 heavy (non-hydrogen) atoms. The Balaban J connectivity index is 1.93. The van der Waals surface area contributed by atoms with Crippen LogP contribution in [0.4, 0.5) is 9.59 Å². The third-order valence-electron chi connectivity index (χ3n) is 4.35. The van der Waals surface area contributed by atoms with Crippen molar-refractivity contribution in [2.75, 3.05) is 13.2 Å². The molecule has 2 N–H and O–H groups in total. The number of hydrogen-bond donors (Lipinski definition) is 2. The molecule has 1 aromatic rings. The summed E-state index contributed by atoms with van der Waals surface area (Å²) in [5.74, 6) is 0. The van der Waals surface area contributed by atoms with Gasteiger partial charge >= 0.3 is 12.2 Å². The second-order valence-corrected chi connectivity index (χ2v) is 7.71. The number of carbonyl (C=O) groups excluding carboxylic acids is 2. The monoisotopic (exact) mass is 378 g/mol. The first kappa shape index (κ1) is 21.0. The fourth-order valence-corrected chi connectivity index (χ4v) is 3.14. The summed E-state index contributed by atoms with van der Waals surface area (Å²) in [5.41, 5.74) is 0.324. The fraction of sp³-hybridized carbons (Fsp3) is 0.600. The standard InChI is InChI=1S/C20H30N2O5/c1-20(2,3)27-19(25)22-12-11-16(17(22)10-7-13-23)21-18(24)26-14-15-8-5-4-6-9-15/h4-6,8-9,16-17,23H,7,10-14H2,1-3H3,(H,21,24)/t16-,17+/m0/s1. The van der Waals surface area contributed by atoms with Gasteiger partial charge in [0.05, 0.1) is 12.1 Å². The number of aliphatic hydroxyl groups excluding tert-OH is 1. The third kappa shape index (κ3) is 6.75. The number of aliphatic hydroxyl groups is 1. The quantitative estimate of drug-likeness (QED) is 0.794. The zero-order chi connectivity index (χ0) is 19.9. The number of carbonyl (C=O) groups is 2. The van der Waals surface area contributed by atoms with Crippen LogP contribution in [-0.4, -0.2) is 53.0 Å². The average molecular weight is 378 g/mol. The number of alkyl carbamates (subject to hydrolysis) is 1. The highest BCUT2D eigenvalue weighted by Gasteiger charge is 2.39. The number of nitrogens with zero attached hydrogens (tertiary/aromatic N) is 1. The molecule has 0 aromatic heterocycles. The van der Waals surface area contributed by atoms with Crippen molar-refractivity contribution in [2.24, 2.45) is 0 Å². The van der Waals surface area contributed by atoms with E-state index in [0.717, 1.165) is 5.56 Å². The largest absolute Gasteiger partial charge is 0.445 e. The fourth-order valence-electron chi connectivity index (χ4n) is 3.14. The number of benzene rings is 1. The summed E-state index contributed by atoms with van der Waals surface area (Å²) in [6.45, 7) is 6.18. The second-order valence-electron chi connectivity index (χ2n) is 7.71. The van der Waals surface area contributed by atoms with Gasteiger partial charge in [-0.15, -0.1) is 0 Å². The van der Waals surface area contributed by atoms with Gasteiger partial charge in [0.15, 0.2) is 0 Å². The van der Waals surface area contributed by atoms with Crippen molar-refractivity contribution >= 4 is 12.2 Å². The van der Waals surface area contributed by atoms with Crippen LogP contribution in [0.5, 0.6) is 0 Å². The highest BCUT2D eigenvalue weighted by Crippen LogP contribution is 2.25. The van der Waals surface area contributed by atoms with E-state index in [-0.39, 0.29) is 25.3 Å². The minimum Gasteiger partial charge on any atom is -0.445 e. The van der Waals surface area contributed by atoms with E-state index in [0.29, 0.717) is 25.8 Å². The van der Waals surface area contributed by atoms with Gasteiger partial charge in [-0.2, -0.15) is 0 Å². The highest BCUT2D eigenvalue weighted by molar-refractivity contribution is 5.71. The lowest BCUT2D eigenvalue weighted by Gasteiger charge is -2.30. The molecule has 0 radical (unpaired) electrons. The topological polar surface area (TPSA) is 88.1 Å². The predicted molar refractivity (Wildman–Crippen MR) is 101 cm³/mol. The van der Waals surface area contributed by atoms with Crippen LogP contribution >= 0.6 is 0 Å². The molecule has 0 unspecified atom stereocenters. The van der Waals surface area contributed by atoms with Crippen LogP contribution in [0.15, 0.2) is 30.3 Å². The number of amides is 2. The molecule has 1 aliphatic heterocycles. The summed E-state index contributed by atoms with van der Waals surface area (Å²) in [5, 5.41) is 12.0. The van der Waals surface area contributed by atoms with E-state index in [1.54, 1.807) is 4.90 Å². The molecule has 0 bridgehead atoms. The molecule has 1 fully saturated rings. The summed E-state index contributed by atoms with van der Waals surface area (Å²) in [6, 6.07) is 8.99. The van der Waals surface area contributed by atoms with E-state index in [2.05, 4.69) is 5.32 Å². The van der Waals surface area contributed by atoms with Crippen LogP contribution in [0.1, 0.15) is 45.6 Å². The summed E-state index contributed by atoms with van der Waals surface area (Å²) in [4.78, 5) is 26.3. The van der Waals surface area contributed by atoms with Crippen molar-refractivity contribution in [2.45, 2.75) is 64.3 Å². The van der Waals surface area contributed by atoms with Crippen molar-refractivity contribution < 1.29 is 24.2 Å². The van der Waals surface area contributed by atoms with E-state index in [4.69, 9.17) is 14.6 Å². The molecular formula is C20H30N2O5. The summed E-state index contributed by atoms with van der Waals surface area (Å²) in [7, 11) is 0. The zero-order valence-electron chi connectivity index (χ0n) is 16.3. The predicted octanol–water partition coefficient (Wildman–Crippen LogP) is 3.06. The first-order valence-electron chi connectivity index (χ1n) is 9.38. The Bertz CT molecular complexity index is 615. The molecular weight excluding hydrogens is 348 g/mol. The Morgan fingerprint density at radius 3 is 2.59 bits per heavy atom. The van der Waals surface area contributed by atoms with E-state index >= 15 is 0 Å². The molecule has 2 amide bonds. The Morgan fingerprint density at radius 1 is 1.26 bits per heavy atom. The minimum absolute atomic E-state index is 0.0316. The maximum atomic E-state index is 12.5. The molecule has 2 rings (SSSR count). The molecule has 150 valence electrons. The molecule has 1 aromatic carbocycles. The SMILES string of the molecule is CC(C)(C)OC(=O)N1CC[C@H](NC(=O)OCc2ccccc2)[C@H]1CCCO. The molecule has 7 nitrogen and oxygen atoms in total. The lowest BCUT2D eigenvalue weighted by molar-refractivity contribution is 0.0201. The Kier molecular flexibility index (Phi) is 7.47. The number of rotatable bonds is 6. The van der Waals surface area contributed by atoms with Crippen LogP contribution in [0.25, 0.3) is 0 Å². The molecule has 7 heteroatoms. The first-order chi connectivity index (χ1) is 12.8. The van der Waals surface area contributed by atoms with Crippen LogP contribution in [0, 0.1) is 0 Å². The third-order valence-corrected chi connectivity index (χ3v) is 4.35. The van der Waals surface area contributed by atoms with Gasteiger partial charge in [0.1, 0.15) is 12.2 Å². The molecule has 1 saturated heterocycles. The van der Waals surface area contributed by atoms with Crippen molar-refractivity contribution in [1.29, 1.82) is 0 Å². The normalized spacial score (nSPS) is 19.6. The van der Waals surface area contributed by atoms with Crippen molar-refractivity contribution in [3.8, 4) is 0 Å². The van der Waals surface area contributed by atoms with Gasteiger partial charge in [0.25, 0.3) is 0 Å². The lowest BCUT2D eigenvalue weighted by Crippen LogP contribution is -2.48. The van der Waals surface area contributed by atoms with Gasteiger partial charge in [-0.05, 0) is 45.6 Å². The maximum Gasteiger partial charge on any atom is 0.410 e. The molecule has 2 atom stereocenters. The minimum atomic E-state index is -0.585. The van der Waals surface area contributed by atoms with Crippen molar-refractivity contribution in [3.05, 3.63) is 35.9 Å². The summed E-state index contributed by atoms with van der Waals surface area (Å²) >= 11 is 0. The first-order valence-corrected chi connectivity index (χ1v) is 9.38. The van der Waals surface area contributed by atoms with E-state index < -0.39 is 17.8 Å². The van der Waals surface area contributed by atoms with Crippen LogP contribution in [0.3, 0.4) is 0 Å². The van der Waals surface area contributed by atoms with Crippen LogP contribution < -0.4 is 5.32 Å². The van der Waals surface area contributed by atoms with Crippen LogP contribution in [0.2, 0.25) is 0 Å². The molecule has 0 aliphatic carbocycles. The summed E-state index contributed by atoms with van der Waals surface area (Å²) in [6.07, 6.45) is 0.840. The highest BCUT2D eigenvalue weighted by atomic mass is 16.6. The van der Waals surface area contributed by atoms with Crippen LogP contribution in [-0.2, 0) is 16.1 Å². The Labute approximate surface area is 160 Å². The number of hydrogen-bond acceptors (Lipinski definition) is 5. The van der Waals surface area contributed by atoms with E-state index in [1.165, 1.54) is 0 Å². The van der Waals surface area contributed by atoms with Gasteiger partial charge in [-0.25, -0.2) is 9.59 Å². The summed E-state index contributed by atoms with van der Waals surface area (Å²) < 4.78 is 10.8. The van der Waals surface area contributed by atoms with Gasteiger partial charge in [0.2, 0.25) is 0 Å². The van der Waals surface area contributed by atoms with Gasteiger partial charge in [-0.1, -0.05) is 30.3 Å². The lowest BCUT2D eigenvalue weighted by atomic mass is 10.0. The average Bonchev–Trinajstić information content (AvgIpc) is 3.00. The Morgan fingerprint density at radius 2 is 1.96 bits per heavy atom. The number of likely N-dealkylation sites (tertiary alicyclic amines) is 1. The Hall–Kier alpha value is -2.28. The zero-order valence-corrected chi connectivity index (χ0v) is 16.3. The number of ether oxygens (including phenoxy) is 2. The smallest absolute Gasteiger partial charge is 0.410 e. The van der Waals surface area contributed by atoms with Gasteiger partial charge < -0.3 is 24.8 Å². The van der Waals surface area contributed by atoms with Gasteiger partial charge in [-0.3, -0.25) is 0 Å². The maximum absolute atomic E-state index is 12.5. The second kappa shape index (κ2) is 9.60. The van der Waals surface area contributed by atoms with Crippen molar-refractivity contribution in [3.63, 3.8) is 0 Å². The molecule has 1 aliphatic rings. The number of nitrogens with one attached hydrogen (secondary N) is 1. The van der Waals surface area contributed by atoms with Crippen molar-refractivity contribution in [1.82, 2.24) is 10.2 Å². The molecule has 1 heterocycles. The van der Waals surface area contributed by atoms with E-state index in [1.807, 2.05) is 51.1 Å². The van der Waals surface area contributed by atoms with Gasteiger partial charge in [0, 0.05) is 13.2 Å². The molecule has 0 saturated carbocycles. The molecule has 0 spiro atoms. The van der Waals surface area contributed by atoms with E-state index in [9.17, 15) is 9.59 Å².